The van der Waals surface area contributed by atoms with Crippen molar-refractivity contribution < 1.29 is 19.1 Å². The largest absolute Gasteiger partial charge is 0.497 e. The van der Waals surface area contributed by atoms with Crippen molar-refractivity contribution in [2.24, 2.45) is 4.99 Å². The maximum Gasteiger partial charge on any atom is 0.325 e. The van der Waals surface area contributed by atoms with Gasteiger partial charge < -0.3 is 14.0 Å². The topological polar surface area (TPSA) is 69.9 Å². The van der Waals surface area contributed by atoms with E-state index in [0.717, 1.165) is 20.9 Å². The van der Waals surface area contributed by atoms with Crippen molar-refractivity contribution in [1.29, 1.82) is 0 Å². The number of thioether (sulfide) groups is 1. The number of thiazole rings is 1. The molecule has 0 aliphatic carbocycles. The van der Waals surface area contributed by atoms with Crippen LogP contribution in [0.2, 0.25) is 0 Å². The molecular formula is C20H20N2O4S2. The lowest BCUT2D eigenvalue weighted by Gasteiger charge is -2.03. The Morgan fingerprint density at radius 2 is 1.86 bits per heavy atom. The Kier molecular flexibility index (Phi) is 6.89. The molecule has 28 heavy (non-hydrogen) atoms. The molecule has 0 aliphatic heterocycles. The highest BCUT2D eigenvalue weighted by molar-refractivity contribution is 7.99. The fraction of sp³-hybridized carbons (Fsp3) is 0.250. The highest BCUT2D eigenvalue weighted by Crippen LogP contribution is 2.22. The molecule has 3 rings (SSSR count). The number of amides is 1. The molecule has 0 bridgehead atoms. The Hall–Kier alpha value is -2.58. The smallest absolute Gasteiger partial charge is 0.325 e. The molecule has 8 heteroatoms. The van der Waals surface area contributed by atoms with Crippen LogP contribution in [0.5, 0.6) is 5.75 Å². The van der Waals surface area contributed by atoms with Crippen molar-refractivity contribution in [3.63, 3.8) is 0 Å². The second-order valence-electron chi connectivity index (χ2n) is 5.79. The van der Waals surface area contributed by atoms with Gasteiger partial charge in [0, 0.05) is 17.1 Å². The molecule has 1 amide bonds. The van der Waals surface area contributed by atoms with Crippen LogP contribution in [0.1, 0.15) is 6.42 Å². The zero-order valence-corrected chi connectivity index (χ0v) is 17.2. The average molecular weight is 417 g/mol. The van der Waals surface area contributed by atoms with E-state index in [1.165, 1.54) is 18.4 Å². The minimum Gasteiger partial charge on any atom is -0.497 e. The maximum absolute atomic E-state index is 12.4. The van der Waals surface area contributed by atoms with E-state index in [-0.39, 0.29) is 18.4 Å². The van der Waals surface area contributed by atoms with Gasteiger partial charge in [-0.25, -0.2) is 0 Å². The van der Waals surface area contributed by atoms with Crippen molar-refractivity contribution in [2.75, 3.05) is 20.0 Å². The number of nitrogens with zero attached hydrogens (tertiary/aromatic N) is 2. The Morgan fingerprint density at radius 1 is 1.11 bits per heavy atom. The van der Waals surface area contributed by atoms with Crippen LogP contribution in [-0.2, 0) is 20.9 Å². The molecule has 0 atom stereocenters. The van der Waals surface area contributed by atoms with Gasteiger partial charge >= 0.3 is 5.97 Å². The number of hydrogen-bond donors (Lipinski definition) is 0. The molecule has 0 N–H and O–H groups in total. The van der Waals surface area contributed by atoms with Gasteiger partial charge in [-0.05, 0) is 36.4 Å². The summed E-state index contributed by atoms with van der Waals surface area (Å²) in [6, 6.07) is 15.3. The van der Waals surface area contributed by atoms with Gasteiger partial charge in [-0.15, -0.1) is 11.8 Å². The zero-order chi connectivity index (χ0) is 19.9. The molecular weight excluding hydrogens is 396 g/mol. The predicted octanol–water partition coefficient (Wildman–Crippen LogP) is 3.49. The molecule has 2 aromatic carbocycles. The van der Waals surface area contributed by atoms with E-state index in [9.17, 15) is 9.59 Å². The summed E-state index contributed by atoms with van der Waals surface area (Å²) >= 11 is 2.97. The van der Waals surface area contributed by atoms with Gasteiger partial charge in [-0.3, -0.25) is 9.59 Å². The highest BCUT2D eigenvalue weighted by atomic mass is 32.2. The van der Waals surface area contributed by atoms with Crippen LogP contribution in [0.25, 0.3) is 10.2 Å². The van der Waals surface area contributed by atoms with E-state index in [2.05, 4.69) is 4.99 Å². The van der Waals surface area contributed by atoms with Crippen molar-refractivity contribution >= 4 is 45.2 Å². The molecule has 0 spiro atoms. The molecule has 1 aromatic heterocycles. The summed E-state index contributed by atoms with van der Waals surface area (Å²) in [7, 11) is 2.97. The number of rotatable bonds is 7. The first-order valence-electron chi connectivity index (χ1n) is 8.60. The van der Waals surface area contributed by atoms with E-state index in [1.54, 1.807) is 23.4 Å². The van der Waals surface area contributed by atoms with Crippen LogP contribution in [0.15, 0.2) is 58.4 Å². The normalized spacial score (nSPS) is 11.6. The summed E-state index contributed by atoms with van der Waals surface area (Å²) in [5.74, 6) is 0.824. The van der Waals surface area contributed by atoms with Gasteiger partial charge in [-0.2, -0.15) is 4.99 Å². The predicted molar refractivity (Wildman–Crippen MR) is 111 cm³/mol. The summed E-state index contributed by atoms with van der Waals surface area (Å²) in [4.78, 5) is 29.9. The van der Waals surface area contributed by atoms with Gasteiger partial charge in [-0.1, -0.05) is 23.5 Å². The van der Waals surface area contributed by atoms with Gasteiger partial charge in [0.15, 0.2) is 4.80 Å². The van der Waals surface area contributed by atoms with Crippen molar-refractivity contribution in [2.45, 2.75) is 17.9 Å². The molecule has 1 heterocycles. The maximum atomic E-state index is 12.4. The van der Waals surface area contributed by atoms with E-state index in [4.69, 9.17) is 9.47 Å². The number of fused-ring (bicyclic) bond motifs is 1. The van der Waals surface area contributed by atoms with E-state index in [0.29, 0.717) is 17.0 Å². The highest BCUT2D eigenvalue weighted by Gasteiger charge is 2.11. The number of esters is 1. The van der Waals surface area contributed by atoms with Crippen molar-refractivity contribution in [3.05, 3.63) is 53.3 Å². The quantitative estimate of drug-likeness (QED) is 0.436. The van der Waals surface area contributed by atoms with Crippen LogP contribution < -0.4 is 9.54 Å². The third kappa shape index (κ3) is 5.02. The lowest BCUT2D eigenvalue weighted by Crippen LogP contribution is -2.22. The van der Waals surface area contributed by atoms with Gasteiger partial charge in [0.2, 0.25) is 5.91 Å². The number of aromatic nitrogens is 1. The SMILES string of the molecule is COC(=O)Cn1c(=NC(=O)CCSc2ccc(OC)cc2)sc2ccccc21. The molecule has 0 radical (unpaired) electrons. The number of benzene rings is 2. The summed E-state index contributed by atoms with van der Waals surface area (Å²) in [6.07, 6.45) is 0.309. The first kappa shape index (κ1) is 20.2. The molecule has 0 aliphatic rings. The summed E-state index contributed by atoms with van der Waals surface area (Å²) in [5, 5.41) is 0. The van der Waals surface area contributed by atoms with Crippen LogP contribution in [0, 0.1) is 0 Å². The number of para-hydroxylation sites is 1. The third-order valence-corrected chi connectivity index (χ3v) is 6.04. The summed E-state index contributed by atoms with van der Waals surface area (Å²) in [6.45, 7) is 0.0211. The van der Waals surface area contributed by atoms with Gasteiger partial charge in [0.25, 0.3) is 0 Å². The van der Waals surface area contributed by atoms with Gasteiger partial charge in [0.05, 0.1) is 24.4 Å². The fourth-order valence-electron chi connectivity index (χ4n) is 2.54. The molecule has 0 saturated carbocycles. The standard InChI is InChI=1S/C20H20N2O4S2/c1-25-14-7-9-15(10-8-14)27-12-11-18(23)21-20-22(13-19(24)26-2)16-5-3-4-6-17(16)28-20/h3-10H,11-13H2,1-2H3. The minimum atomic E-state index is -0.382. The first-order chi connectivity index (χ1) is 13.6. The minimum absolute atomic E-state index is 0.0211. The average Bonchev–Trinajstić information content (AvgIpc) is 3.05. The van der Waals surface area contributed by atoms with Crippen LogP contribution in [0.3, 0.4) is 0 Å². The second kappa shape index (κ2) is 9.57. The van der Waals surface area contributed by atoms with E-state index in [1.807, 2.05) is 48.5 Å². The van der Waals surface area contributed by atoms with E-state index < -0.39 is 0 Å². The lowest BCUT2D eigenvalue weighted by molar-refractivity contribution is -0.141. The molecule has 0 fully saturated rings. The zero-order valence-electron chi connectivity index (χ0n) is 15.6. The molecule has 0 saturated heterocycles. The summed E-state index contributed by atoms with van der Waals surface area (Å²) in [5.41, 5.74) is 0.858. The molecule has 6 nitrogen and oxygen atoms in total. The molecule has 0 unspecified atom stereocenters. The molecule has 146 valence electrons. The fourth-order valence-corrected chi connectivity index (χ4v) is 4.43. The number of ether oxygens (including phenoxy) is 2. The Morgan fingerprint density at radius 3 is 2.57 bits per heavy atom. The van der Waals surface area contributed by atoms with E-state index >= 15 is 0 Å². The monoisotopic (exact) mass is 416 g/mol. The van der Waals surface area contributed by atoms with Crippen LogP contribution >= 0.6 is 23.1 Å². The second-order valence-corrected chi connectivity index (χ2v) is 7.97. The Bertz CT molecular complexity index is 1040. The first-order valence-corrected chi connectivity index (χ1v) is 10.4. The number of methoxy groups -OCH3 is 2. The van der Waals surface area contributed by atoms with Crippen LogP contribution in [-0.4, -0.2) is 36.4 Å². The Balaban J connectivity index is 1.72. The van der Waals surface area contributed by atoms with Crippen molar-refractivity contribution in [1.82, 2.24) is 4.57 Å². The Labute approximate surface area is 170 Å². The number of hydrogen-bond acceptors (Lipinski definition) is 6. The van der Waals surface area contributed by atoms with Crippen LogP contribution in [0.4, 0.5) is 0 Å². The van der Waals surface area contributed by atoms with Crippen molar-refractivity contribution in [3.8, 4) is 5.75 Å². The molecule has 3 aromatic rings. The third-order valence-electron chi connectivity index (χ3n) is 3.97. The number of carbonyl (C=O) groups excluding carboxylic acids is 2. The lowest BCUT2D eigenvalue weighted by atomic mass is 10.3. The summed E-state index contributed by atoms with van der Waals surface area (Å²) < 4.78 is 12.6. The number of carbonyl (C=O) groups is 2. The van der Waals surface area contributed by atoms with Gasteiger partial charge in [0.1, 0.15) is 12.3 Å².